The summed E-state index contributed by atoms with van der Waals surface area (Å²) in [5.41, 5.74) is 6.37. The highest BCUT2D eigenvalue weighted by Gasteiger charge is 2.27. The van der Waals surface area contributed by atoms with Crippen LogP contribution in [0.1, 0.15) is 50.0 Å². The third-order valence-electron chi connectivity index (χ3n) is 4.92. The molecule has 0 aromatic heterocycles. The molecule has 1 aliphatic heterocycles. The maximum Gasteiger partial charge on any atom is 0.409 e. The first-order valence-corrected chi connectivity index (χ1v) is 8.03. The topological polar surface area (TPSA) is 55.6 Å². The number of nitrogens with zero attached hydrogens (tertiary/aromatic N) is 1. The molecule has 2 aliphatic rings. The minimum atomic E-state index is -0.756. The van der Waals surface area contributed by atoms with Crippen molar-refractivity contribution in [3.8, 4) is 5.75 Å². The van der Waals surface area contributed by atoms with Crippen LogP contribution in [0, 0.1) is 0 Å². The Balaban J connectivity index is 1.55. The van der Waals surface area contributed by atoms with Crippen molar-refractivity contribution in [1.29, 1.82) is 0 Å². The average Bonchev–Trinajstić information content (AvgIpc) is 3.02. The molecule has 1 amide bonds. The molecule has 2 N–H and O–H groups in total. The number of hydrogen-bond donors (Lipinski definition) is 1. The molecular weight excluding hydrogens is 264 g/mol. The molecule has 1 saturated heterocycles. The van der Waals surface area contributed by atoms with Crippen LogP contribution in [-0.4, -0.2) is 30.1 Å². The van der Waals surface area contributed by atoms with E-state index in [1.807, 2.05) is 12.1 Å². The Bertz CT molecular complexity index is 472. The van der Waals surface area contributed by atoms with Crippen molar-refractivity contribution in [3.63, 3.8) is 0 Å². The fourth-order valence-corrected chi connectivity index (χ4v) is 3.81. The number of amides is 1. The van der Waals surface area contributed by atoms with Gasteiger partial charge < -0.3 is 15.4 Å². The molecule has 3 rings (SSSR count). The molecule has 4 heteroatoms. The molecule has 4 nitrogen and oxygen atoms in total. The van der Waals surface area contributed by atoms with Crippen LogP contribution >= 0.6 is 0 Å². The molecular formula is C17H24N2O2. The Morgan fingerprint density at radius 1 is 1.05 bits per heavy atom. The van der Waals surface area contributed by atoms with Crippen molar-refractivity contribution < 1.29 is 9.53 Å². The summed E-state index contributed by atoms with van der Waals surface area (Å²) in [5.74, 6) is 1.17. The lowest BCUT2D eigenvalue weighted by Crippen LogP contribution is -2.35. The first-order valence-electron chi connectivity index (χ1n) is 8.03. The summed E-state index contributed by atoms with van der Waals surface area (Å²) in [4.78, 5) is 13.4. The predicted molar refractivity (Wildman–Crippen MR) is 82.5 cm³/mol. The lowest BCUT2D eigenvalue weighted by atomic mass is 9.81. The summed E-state index contributed by atoms with van der Waals surface area (Å²) in [6.45, 7) is 2.60. The van der Waals surface area contributed by atoms with Gasteiger partial charge in [0.15, 0.2) is 0 Å². The van der Waals surface area contributed by atoms with E-state index in [4.69, 9.17) is 10.5 Å². The second kappa shape index (κ2) is 6.48. The number of rotatable bonds is 3. The lowest BCUT2D eigenvalue weighted by Gasteiger charge is -2.34. The highest BCUT2D eigenvalue weighted by molar-refractivity contribution is 5.68. The minimum Gasteiger partial charge on any atom is -0.411 e. The van der Waals surface area contributed by atoms with Gasteiger partial charge >= 0.3 is 6.09 Å². The summed E-state index contributed by atoms with van der Waals surface area (Å²) in [6, 6.07) is 8.62. The maximum absolute atomic E-state index is 10.7. The summed E-state index contributed by atoms with van der Waals surface area (Å²) >= 11 is 0. The van der Waals surface area contributed by atoms with Gasteiger partial charge in [-0.1, -0.05) is 12.1 Å². The zero-order chi connectivity index (χ0) is 14.7. The number of primary amides is 1. The van der Waals surface area contributed by atoms with Crippen molar-refractivity contribution in [1.82, 2.24) is 4.90 Å². The number of ether oxygens (including phenoxy) is 1. The molecule has 0 radical (unpaired) electrons. The van der Waals surface area contributed by atoms with Gasteiger partial charge in [0, 0.05) is 6.04 Å². The molecule has 21 heavy (non-hydrogen) atoms. The van der Waals surface area contributed by atoms with Crippen molar-refractivity contribution in [2.75, 3.05) is 13.1 Å². The summed E-state index contributed by atoms with van der Waals surface area (Å²) in [5, 5.41) is 0. The second-order valence-electron chi connectivity index (χ2n) is 6.24. The largest absolute Gasteiger partial charge is 0.411 e. The van der Waals surface area contributed by atoms with Gasteiger partial charge in [0.2, 0.25) is 0 Å². The number of nitrogens with two attached hydrogens (primary N) is 1. The van der Waals surface area contributed by atoms with Crippen molar-refractivity contribution in [2.45, 2.75) is 50.5 Å². The molecule has 0 unspecified atom stereocenters. The highest BCUT2D eigenvalue weighted by Crippen LogP contribution is 2.36. The van der Waals surface area contributed by atoms with Gasteiger partial charge in [-0.3, -0.25) is 0 Å². The van der Waals surface area contributed by atoms with Crippen LogP contribution in [0.15, 0.2) is 24.3 Å². The third kappa shape index (κ3) is 3.56. The molecule has 0 spiro atoms. The van der Waals surface area contributed by atoms with Crippen molar-refractivity contribution in [3.05, 3.63) is 29.8 Å². The van der Waals surface area contributed by atoms with Crippen LogP contribution in [-0.2, 0) is 0 Å². The van der Waals surface area contributed by atoms with E-state index in [2.05, 4.69) is 17.0 Å². The molecule has 1 aromatic carbocycles. The number of hydrogen-bond acceptors (Lipinski definition) is 3. The quantitative estimate of drug-likeness (QED) is 0.928. The van der Waals surface area contributed by atoms with E-state index in [1.165, 1.54) is 57.2 Å². The lowest BCUT2D eigenvalue weighted by molar-refractivity contribution is 0.182. The van der Waals surface area contributed by atoms with Gasteiger partial charge in [0.25, 0.3) is 0 Å². The van der Waals surface area contributed by atoms with E-state index >= 15 is 0 Å². The Kier molecular flexibility index (Phi) is 4.44. The van der Waals surface area contributed by atoms with E-state index in [-0.39, 0.29) is 0 Å². The maximum atomic E-state index is 10.7. The number of benzene rings is 1. The number of likely N-dealkylation sites (tertiary alicyclic amines) is 1. The average molecular weight is 288 g/mol. The molecule has 1 heterocycles. The van der Waals surface area contributed by atoms with Crippen molar-refractivity contribution in [2.24, 2.45) is 5.73 Å². The smallest absolute Gasteiger partial charge is 0.409 e. The fraction of sp³-hybridized carbons (Fsp3) is 0.588. The molecule has 1 aromatic rings. The van der Waals surface area contributed by atoms with Gasteiger partial charge in [0.1, 0.15) is 5.75 Å². The van der Waals surface area contributed by atoms with E-state index in [0.717, 1.165) is 6.04 Å². The van der Waals surface area contributed by atoms with E-state index < -0.39 is 6.09 Å². The molecule has 114 valence electrons. The Morgan fingerprint density at radius 2 is 1.67 bits per heavy atom. The van der Waals surface area contributed by atoms with Crippen LogP contribution in [0.25, 0.3) is 0 Å². The zero-order valence-corrected chi connectivity index (χ0v) is 12.5. The van der Waals surface area contributed by atoms with E-state index in [9.17, 15) is 4.79 Å². The van der Waals surface area contributed by atoms with Crippen molar-refractivity contribution >= 4 is 6.09 Å². The SMILES string of the molecule is NC(=O)Oc1ccc(C2CCC(N3CCCC3)CC2)cc1. The molecule has 1 saturated carbocycles. The normalized spacial score (nSPS) is 26.7. The van der Waals surface area contributed by atoms with Crippen LogP contribution in [0.4, 0.5) is 4.79 Å². The predicted octanol–water partition coefficient (Wildman–Crippen LogP) is 3.27. The van der Waals surface area contributed by atoms with Gasteiger partial charge in [-0.15, -0.1) is 0 Å². The number of carbonyl (C=O) groups is 1. The first-order chi connectivity index (χ1) is 10.2. The van der Waals surface area contributed by atoms with E-state index in [1.54, 1.807) is 0 Å². The second-order valence-corrected chi connectivity index (χ2v) is 6.24. The van der Waals surface area contributed by atoms with Crippen LogP contribution in [0.2, 0.25) is 0 Å². The molecule has 1 aliphatic carbocycles. The van der Waals surface area contributed by atoms with Gasteiger partial charge in [-0.25, -0.2) is 4.79 Å². The standard InChI is InChI=1S/C17H24N2O2/c18-17(20)21-16-9-5-14(6-10-16)13-3-7-15(8-4-13)19-11-1-2-12-19/h5-6,9-10,13,15H,1-4,7-8,11-12H2,(H2,18,20). The van der Waals surface area contributed by atoms with Crippen LogP contribution < -0.4 is 10.5 Å². The minimum absolute atomic E-state index is 0.525. The van der Waals surface area contributed by atoms with Gasteiger partial charge in [-0.2, -0.15) is 0 Å². The Hall–Kier alpha value is -1.55. The molecule has 0 bridgehead atoms. The highest BCUT2D eigenvalue weighted by atomic mass is 16.5. The number of carbonyl (C=O) groups excluding carboxylic acids is 1. The first kappa shape index (κ1) is 14.4. The van der Waals surface area contributed by atoms with Crippen LogP contribution in [0.3, 0.4) is 0 Å². The zero-order valence-electron chi connectivity index (χ0n) is 12.5. The Labute approximate surface area is 126 Å². The Morgan fingerprint density at radius 3 is 2.24 bits per heavy atom. The molecule has 0 atom stereocenters. The van der Waals surface area contributed by atoms with Gasteiger partial charge in [0.05, 0.1) is 0 Å². The summed E-state index contributed by atoms with van der Waals surface area (Å²) in [7, 11) is 0. The fourth-order valence-electron chi connectivity index (χ4n) is 3.81. The monoisotopic (exact) mass is 288 g/mol. The van der Waals surface area contributed by atoms with Crippen LogP contribution in [0.5, 0.6) is 5.75 Å². The third-order valence-corrected chi connectivity index (χ3v) is 4.92. The molecule has 2 fully saturated rings. The summed E-state index contributed by atoms with van der Waals surface area (Å²) in [6.07, 6.45) is 7.14. The van der Waals surface area contributed by atoms with E-state index in [0.29, 0.717) is 11.7 Å². The summed E-state index contributed by atoms with van der Waals surface area (Å²) < 4.78 is 4.87. The van der Waals surface area contributed by atoms with Gasteiger partial charge in [-0.05, 0) is 75.2 Å².